The molecule has 2 aromatic carbocycles. The monoisotopic (exact) mass is 451 g/mol. The Balaban J connectivity index is 1.56. The second kappa shape index (κ2) is 8.04. The summed E-state index contributed by atoms with van der Waals surface area (Å²) in [6, 6.07) is 10.8. The average Bonchev–Trinajstić information content (AvgIpc) is 3.60. The van der Waals surface area contributed by atoms with Crippen LogP contribution in [0.5, 0.6) is 0 Å². The molecular weight excluding hydrogens is 429 g/mol. The number of nitrogens with zero attached hydrogens (tertiary/aromatic N) is 6. The molecule has 7 nitrogen and oxygen atoms in total. The van der Waals surface area contributed by atoms with Crippen molar-refractivity contribution < 1.29 is 4.39 Å². The van der Waals surface area contributed by atoms with Crippen LogP contribution < -0.4 is 5.32 Å². The van der Waals surface area contributed by atoms with Crippen LogP contribution in [0.1, 0.15) is 6.42 Å². The van der Waals surface area contributed by atoms with Gasteiger partial charge < -0.3 is 9.88 Å². The van der Waals surface area contributed by atoms with E-state index >= 15 is 0 Å². The fraction of sp³-hybridized carbons (Fsp3) is 0.231. The smallest absolute Gasteiger partial charge is 0.222 e. The Morgan fingerprint density at radius 2 is 2.00 bits per heavy atom. The number of hydrogen-bond acceptors (Lipinski definition) is 4. The van der Waals surface area contributed by atoms with E-state index in [2.05, 4.69) is 19.8 Å². The van der Waals surface area contributed by atoms with Gasteiger partial charge in [0.25, 0.3) is 0 Å². The Bertz CT molecular complexity index is 1580. The summed E-state index contributed by atoms with van der Waals surface area (Å²) in [5.74, 6) is -0.00136. The Kier molecular flexibility index (Phi) is 4.85. The summed E-state index contributed by atoms with van der Waals surface area (Å²) in [5.41, 5.74) is 5.76. The minimum Gasteiger partial charge on any atom is -0.329 e. The SMILES string of the molecule is [C-]#[N+]c1ccc(-c2c(-c3ccc4c(cnn4C)c3)ncc3c2ncn3C[C@@H]2CCNC2)cc1F. The maximum atomic E-state index is 14.7. The summed E-state index contributed by atoms with van der Waals surface area (Å²) >= 11 is 0. The van der Waals surface area contributed by atoms with Gasteiger partial charge in [-0.25, -0.2) is 14.2 Å². The first-order valence-electron chi connectivity index (χ1n) is 11.3. The van der Waals surface area contributed by atoms with Gasteiger partial charge in [-0.2, -0.15) is 5.10 Å². The third-order valence-corrected chi connectivity index (χ3v) is 6.66. The van der Waals surface area contributed by atoms with Crippen molar-refractivity contribution in [3.8, 4) is 22.4 Å². The number of rotatable bonds is 4. The van der Waals surface area contributed by atoms with Gasteiger partial charge in [0.05, 0.1) is 42.0 Å². The fourth-order valence-corrected chi connectivity index (χ4v) is 4.87. The van der Waals surface area contributed by atoms with Crippen LogP contribution in [0.4, 0.5) is 10.1 Å². The molecule has 1 aliphatic rings. The van der Waals surface area contributed by atoms with E-state index in [1.165, 1.54) is 12.1 Å². The summed E-state index contributed by atoms with van der Waals surface area (Å²) in [4.78, 5) is 12.9. The van der Waals surface area contributed by atoms with E-state index < -0.39 is 5.82 Å². The lowest BCUT2D eigenvalue weighted by Crippen LogP contribution is -2.14. The third kappa shape index (κ3) is 3.33. The maximum Gasteiger partial charge on any atom is 0.222 e. The second-order valence-electron chi connectivity index (χ2n) is 8.79. The van der Waals surface area contributed by atoms with Gasteiger partial charge >= 0.3 is 0 Å². The first-order chi connectivity index (χ1) is 16.6. The minimum atomic E-state index is -0.547. The number of hydrogen-bond donors (Lipinski definition) is 1. The predicted molar refractivity (Wildman–Crippen MR) is 130 cm³/mol. The summed E-state index contributed by atoms with van der Waals surface area (Å²) in [5, 5.41) is 8.76. The normalized spacial score (nSPS) is 15.9. The molecule has 0 saturated carbocycles. The third-order valence-electron chi connectivity index (χ3n) is 6.66. The topological polar surface area (TPSA) is 64.9 Å². The van der Waals surface area contributed by atoms with E-state index in [1.807, 2.05) is 48.6 Å². The number of fused-ring (bicyclic) bond motifs is 2. The number of halogens is 1. The zero-order chi connectivity index (χ0) is 23.2. The van der Waals surface area contributed by atoms with Gasteiger partial charge in [0, 0.05) is 30.1 Å². The van der Waals surface area contributed by atoms with Crippen LogP contribution in [-0.4, -0.2) is 37.4 Å². The molecule has 1 fully saturated rings. The van der Waals surface area contributed by atoms with E-state index in [9.17, 15) is 4.39 Å². The van der Waals surface area contributed by atoms with Gasteiger partial charge in [0.2, 0.25) is 5.69 Å². The molecule has 0 spiro atoms. The van der Waals surface area contributed by atoms with E-state index in [1.54, 1.807) is 6.07 Å². The van der Waals surface area contributed by atoms with E-state index in [0.717, 1.165) is 64.8 Å². The Morgan fingerprint density at radius 1 is 1.12 bits per heavy atom. The summed E-state index contributed by atoms with van der Waals surface area (Å²) in [6.07, 6.45) is 6.67. The molecule has 0 bridgehead atoms. The van der Waals surface area contributed by atoms with Crippen molar-refractivity contribution in [1.29, 1.82) is 0 Å². The van der Waals surface area contributed by atoms with Gasteiger partial charge in [0.1, 0.15) is 11.3 Å². The van der Waals surface area contributed by atoms with Crippen LogP contribution >= 0.6 is 0 Å². The number of pyridine rings is 1. The molecule has 1 aliphatic heterocycles. The Morgan fingerprint density at radius 3 is 2.79 bits per heavy atom. The highest BCUT2D eigenvalue weighted by Gasteiger charge is 2.21. The van der Waals surface area contributed by atoms with E-state index in [4.69, 9.17) is 16.5 Å². The first kappa shape index (κ1) is 20.5. The van der Waals surface area contributed by atoms with Gasteiger partial charge in [-0.3, -0.25) is 9.67 Å². The number of aryl methyl sites for hydroxylation is 1. The van der Waals surface area contributed by atoms with Crippen LogP contribution in [0.25, 0.3) is 49.2 Å². The van der Waals surface area contributed by atoms with Crippen LogP contribution in [0, 0.1) is 18.3 Å². The Labute approximate surface area is 195 Å². The molecule has 1 N–H and O–H groups in total. The molecule has 5 aromatic rings. The largest absolute Gasteiger partial charge is 0.329 e. The van der Waals surface area contributed by atoms with Gasteiger partial charge in [0.15, 0.2) is 0 Å². The first-order valence-corrected chi connectivity index (χ1v) is 11.3. The highest BCUT2D eigenvalue weighted by atomic mass is 19.1. The Hall–Kier alpha value is -4.09. The fourth-order valence-electron chi connectivity index (χ4n) is 4.87. The molecular formula is C26H22FN7. The molecule has 0 radical (unpaired) electrons. The van der Waals surface area contributed by atoms with Gasteiger partial charge in [-0.1, -0.05) is 18.2 Å². The number of benzene rings is 2. The van der Waals surface area contributed by atoms with Crippen LogP contribution in [0.2, 0.25) is 0 Å². The highest BCUT2D eigenvalue weighted by molar-refractivity contribution is 6.00. The summed E-state index contributed by atoms with van der Waals surface area (Å²) in [6.45, 7) is 10.1. The molecule has 34 heavy (non-hydrogen) atoms. The van der Waals surface area contributed by atoms with Gasteiger partial charge in [-0.05, 0) is 49.2 Å². The second-order valence-corrected chi connectivity index (χ2v) is 8.79. The lowest BCUT2D eigenvalue weighted by Gasteiger charge is -2.13. The predicted octanol–water partition coefficient (Wildman–Crippen LogP) is 4.95. The zero-order valence-electron chi connectivity index (χ0n) is 18.7. The molecule has 4 heterocycles. The maximum absolute atomic E-state index is 14.7. The quantitative estimate of drug-likeness (QED) is 0.393. The standard InChI is InChI=1S/C26H22FN7/c1-28-21-5-3-17(10-20(21)27)24-25(18-4-6-22-19(9-18)12-32-33(22)2)30-13-23-26(24)31-15-34(23)14-16-7-8-29-11-16/h3-6,9-10,12-13,15-16,29H,7-8,11,14H2,2H3/t16-/m1/s1. The minimum absolute atomic E-state index is 0.00137. The molecule has 6 rings (SSSR count). The molecule has 0 amide bonds. The van der Waals surface area contributed by atoms with Crippen LogP contribution in [0.3, 0.4) is 0 Å². The molecule has 1 saturated heterocycles. The van der Waals surface area contributed by atoms with Crippen molar-refractivity contribution in [2.45, 2.75) is 13.0 Å². The lowest BCUT2D eigenvalue weighted by atomic mass is 9.97. The number of nitrogens with one attached hydrogen (secondary N) is 1. The van der Waals surface area contributed by atoms with Crippen molar-refractivity contribution in [1.82, 2.24) is 29.6 Å². The zero-order valence-corrected chi connectivity index (χ0v) is 18.7. The average molecular weight is 452 g/mol. The number of aromatic nitrogens is 5. The molecule has 8 heteroatoms. The number of imidazole rings is 1. The summed E-state index contributed by atoms with van der Waals surface area (Å²) in [7, 11) is 1.91. The van der Waals surface area contributed by atoms with Crippen LogP contribution in [-0.2, 0) is 13.6 Å². The van der Waals surface area contributed by atoms with Crippen molar-refractivity contribution in [3.05, 3.63) is 72.4 Å². The molecule has 3 aromatic heterocycles. The summed E-state index contributed by atoms with van der Waals surface area (Å²) < 4.78 is 18.6. The van der Waals surface area contributed by atoms with Crippen molar-refractivity contribution in [3.63, 3.8) is 0 Å². The van der Waals surface area contributed by atoms with Crippen molar-refractivity contribution >= 4 is 27.6 Å². The molecule has 0 aliphatic carbocycles. The molecule has 168 valence electrons. The van der Waals surface area contributed by atoms with Crippen LogP contribution in [0.15, 0.2) is 55.1 Å². The lowest BCUT2D eigenvalue weighted by molar-refractivity contribution is 0.489. The van der Waals surface area contributed by atoms with Gasteiger partial charge in [-0.15, -0.1) is 0 Å². The van der Waals surface area contributed by atoms with Crippen molar-refractivity contribution in [2.24, 2.45) is 13.0 Å². The van der Waals surface area contributed by atoms with Crippen molar-refractivity contribution in [2.75, 3.05) is 13.1 Å². The highest BCUT2D eigenvalue weighted by Crippen LogP contribution is 2.38. The molecule has 1 atom stereocenters. The van der Waals surface area contributed by atoms with E-state index in [0.29, 0.717) is 11.5 Å². The molecule has 0 unspecified atom stereocenters. The van der Waals surface area contributed by atoms with E-state index in [-0.39, 0.29) is 5.69 Å².